The van der Waals surface area contributed by atoms with Gasteiger partial charge in [0.2, 0.25) is 0 Å². The van der Waals surface area contributed by atoms with Crippen molar-refractivity contribution in [1.82, 2.24) is 0 Å². The zero-order valence-electron chi connectivity index (χ0n) is 12.8. The highest BCUT2D eigenvalue weighted by molar-refractivity contribution is 5.75. The summed E-state index contributed by atoms with van der Waals surface area (Å²) >= 11 is 0. The lowest BCUT2D eigenvalue weighted by Crippen LogP contribution is -2.61. The molecule has 0 unspecified atom stereocenters. The molecule has 22 heavy (non-hydrogen) atoms. The number of esters is 1. The maximum Gasteiger partial charge on any atom is 0.337 e. The maximum absolute atomic E-state index is 11.5. The lowest BCUT2D eigenvalue weighted by molar-refractivity contribution is -0.329. The van der Waals surface area contributed by atoms with Crippen molar-refractivity contribution in [3.05, 3.63) is 12.7 Å². The lowest BCUT2D eigenvalue weighted by Gasteiger charge is -2.39. The van der Waals surface area contributed by atoms with Crippen LogP contribution in [0.2, 0.25) is 0 Å². The van der Waals surface area contributed by atoms with Crippen molar-refractivity contribution in [3.63, 3.8) is 0 Å². The molecular weight excluding hydrogens is 296 g/mol. The summed E-state index contributed by atoms with van der Waals surface area (Å²) in [6.45, 7) is 3.61. The first-order valence-electron chi connectivity index (χ1n) is 7.02. The van der Waals surface area contributed by atoms with Crippen LogP contribution < -0.4 is 0 Å². The van der Waals surface area contributed by atoms with E-state index in [0.29, 0.717) is 6.42 Å². The zero-order valence-corrected chi connectivity index (χ0v) is 12.8. The number of rotatable bonds is 8. The first-order valence-corrected chi connectivity index (χ1v) is 7.02. The largest absolute Gasteiger partial charge is 0.467 e. The van der Waals surface area contributed by atoms with Gasteiger partial charge in [-0.3, -0.25) is 0 Å². The molecule has 8 nitrogen and oxygen atoms in total. The third kappa shape index (κ3) is 4.73. The number of ether oxygens (including phenoxy) is 4. The van der Waals surface area contributed by atoms with Crippen LogP contribution in [-0.2, 0) is 23.7 Å². The molecule has 6 atom stereocenters. The summed E-state index contributed by atoms with van der Waals surface area (Å²) in [5.74, 6) is -0.868. The van der Waals surface area contributed by atoms with Gasteiger partial charge in [0.05, 0.1) is 7.11 Å². The van der Waals surface area contributed by atoms with Crippen LogP contribution in [0, 0.1) is 0 Å². The van der Waals surface area contributed by atoms with Crippen LogP contribution in [0.3, 0.4) is 0 Å². The van der Waals surface area contributed by atoms with Gasteiger partial charge in [0.1, 0.15) is 18.3 Å². The van der Waals surface area contributed by atoms with E-state index in [1.54, 1.807) is 6.08 Å². The smallest absolute Gasteiger partial charge is 0.337 e. The molecule has 0 radical (unpaired) electrons. The Kier molecular flexibility index (Phi) is 7.94. The number of carbonyl (C=O) groups is 1. The highest BCUT2D eigenvalue weighted by atomic mass is 16.8. The second-order valence-electron chi connectivity index (χ2n) is 4.94. The fraction of sp³-hybridized carbons (Fsp3) is 0.786. The molecule has 1 aliphatic rings. The van der Waals surface area contributed by atoms with E-state index in [-0.39, 0.29) is 0 Å². The fourth-order valence-electron chi connectivity index (χ4n) is 2.09. The molecule has 0 amide bonds. The number of unbranched alkanes of at least 4 members (excludes halogenated alkanes) is 1. The average Bonchev–Trinajstić information content (AvgIpc) is 2.53. The predicted molar refractivity (Wildman–Crippen MR) is 74.6 cm³/mol. The minimum atomic E-state index is -1.61. The van der Waals surface area contributed by atoms with Crippen molar-refractivity contribution in [3.8, 4) is 0 Å². The molecule has 0 aromatic rings. The number of aliphatic hydroxyl groups is 3. The van der Waals surface area contributed by atoms with Gasteiger partial charge in [-0.1, -0.05) is 6.08 Å². The number of aliphatic hydroxyl groups excluding tert-OH is 3. The molecule has 0 aromatic carbocycles. The molecule has 0 bridgehead atoms. The van der Waals surface area contributed by atoms with E-state index < -0.39 is 43.0 Å². The minimum Gasteiger partial charge on any atom is -0.467 e. The Bertz CT molecular complexity index is 361. The van der Waals surface area contributed by atoms with Crippen LogP contribution in [0.15, 0.2) is 12.7 Å². The summed E-state index contributed by atoms with van der Waals surface area (Å²) in [5, 5.41) is 29.5. The van der Waals surface area contributed by atoms with Gasteiger partial charge in [0.15, 0.2) is 18.7 Å². The van der Waals surface area contributed by atoms with Crippen molar-refractivity contribution in [2.45, 2.75) is 56.3 Å². The van der Waals surface area contributed by atoms with Gasteiger partial charge in [0, 0.05) is 7.11 Å². The number of hydrogen-bond donors (Lipinski definition) is 3. The highest BCUT2D eigenvalue weighted by Gasteiger charge is 2.48. The summed E-state index contributed by atoms with van der Waals surface area (Å²) < 4.78 is 20.3. The molecular formula is C14H24O8. The van der Waals surface area contributed by atoms with E-state index in [9.17, 15) is 20.1 Å². The summed E-state index contributed by atoms with van der Waals surface area (Å²) in [6, 6.07) is 0. The molecule has 1 aliphatic heterocycles. The molecule has 0 aliphatic carbocycles. The third-order valence-corrected chi connectivity index (χ3v) is 3.40. The SMILES string of the molecule is C=CCCC[C@H](OC)O[C@@H]1O[C@H](C(=O)OC)[C@@H](O)[C@H](O)[C@H]1O. The van der Waals surface area contributed by atoms with Crippen LogP contribution in [0.25, 0.3) is 0 Å². The van der Waals surface area contributed by atoms with E-state index in [0.717, 1.165) is 20.0 Å². The van der Waals surface area contributed by atoms with Crippen molar-refractivity contribution in [2.75, 3.05) is 14.2 Å². The quantitative estimate of drug-likeness (QED) is 0.233. The summed E-state index contributed by atoms with van der Waals surface area (Å²) in [6.07, 6.45) is -4.41. The second-order valence-corrected chi connectivity index (χ2v) is 4.94. The van der Waals surface area contributed by atoms with E-state index in [1.807, 2.05) is 0 Å². The first-order chi connectivity index (χ1) is 10.5. The molecule has 128 valence electrons. The normalized spacial score (nSPS) is 33.2. The molecule has 3 N–H and O–H groups in total. The van der Waals surface area contributed by atoms with Crippen LogP contribution in [0.4, 0.5) is 0 Å². The van der Waals surface area contributed by atoms with Gasteiger partial charge in [0.25, 0.3) is 0 Å². The van der Waals surface area contributed by atoms with E-state index >= 15 is 0 Å². The molecule has 1 rings (SSSR count). The predicted octanol–water partition coefficient (Wildman–Crippen LogP) is -0.688. The Morgan fingerprint density at radius 3 is 2.50 bits per heavy atom. The minimum absolute atomic E-state index is 0.511. The van der Waals surface area contributed by atoms with Crippen molar-refractivity contribution in [2.24, 2.45) is 0 Å². The Labute approximate surface area is 129 Å². The van der Waals surface area contributed by atoms with Crippen LogP contribution in [-0.4, -0.2) is 72.5 Å². The van der Waals surface area contributed by atoms with Gasteiger partial charge in [-0.2, -0.15) is 0 Å². The van der Waals surface area contributed by atoms with Crippen LogP contribution >= 0.6 is 0 Å². The number of hydrogen-bond acceptors (Lipinski definition) is 8. The first kappa shape index (κ1) is 19.0. The van der Waals surface area contributed by atoms with Gasteiger partial charge in [-0.25, -0.2) is 4.79 Å². The highest BCUT2D eigenvalue weighted by Crippen LogP contribution is 2.24. The Balaban J connectivity index is 2.70. The average molecular weight is 320 g/mol. The molecule has 1 saturated heterocycles. The summed E-state index contributed by atoms with van der Waals surface area (Å²) in [4.78, 5) is 11.5. The van der Waals surface area contributed by atoms with E-state index in [4.69, 9.17) is 14.2 Å². The van der Waals surface area contributed by atoms with Gasteiger partial charge in [-0.05, 0) is 19.3 Å². The Hall–Kier alpha value is -1.03. The number of methoxy groups -OCH3 is 2. The molecule has 0 aromatic heterocycles. The van der Waals surface area contributed by atoms with Gasteiger partial charge < -0.3 is 34.3 Å². The van der Waals surface area contributed by atoms with Crippen LogP contribution in [0.1, 0.15) is 19.3 Å². The van der Waals surface area contributed by atoms with Gasteiger partial charge in [-0.15, -0.1) is 6.58 Å². The second kappa shape index (κ2) is 9.19. The summed E-state index contributed by atoms with van der Waals surface area (Å²) in [7, 11) is 2.55. The Morgan fingerprint density at radius 1 is 1.27 bits per heavy atom. The third-order valence-electron chi connectivity index (χ3n) is 3.40. The van der Waals surface area contributed by atoms with Gasteiger partial charge >= 0.3 is 5.97 Å². The summed E-state index contributed by atoms with van der Waals surface area (Å²) in [5.41, 5.74) is 0. The maximum atomic E-state index is 11.5. The molecule has 1 fully saturated rings. The standard InChI is InChI=1S/C14H24O8/c1-4-5-6-7-8(19-2)21-14-11(17)9(15)10(16)12(22-14)13(18)20-3/h4,8-12,14-17H,1,5-7H2,2-3H3/t8-,9+,10+,11-,12+,14-/m1/s1. The molecule has 1 heterocycles. The lowest BCUT2D eigenvalue weighted by atomic mass is 9.99. The number of carbonyl (C=O) groups excluding carboxylic acids is 1. The van der Waals surface area contributed by atoms with Crippen molar-refractivity contribution in [1.29, 1.82) is 0 Å². The molecule has 8 heteroatoms. The monoisotopic (exact) mass is 320 g/mol. The van der Waals surface area contributed by atoms with E-state index in [1.165, 1.54) is 7.11 Å². The fourth-order valence-corrected chi connectivity index (χ4v) is 2.09. The Morgan fingerprint density at radius 2 is 1.95 bits per heavy atom. The zero-order chi connectivity index (χ0) is 16.7. The molecule has 0 saturated carbocycles. The van der Waals surface area contributed by atoms with Crippen molar-refractivity contribution < 1.29 is 39.1 Å². The van der Waals surface area contributed by atoms with Crippen molar-refractivity contribution >= 4 is 5.97 Å². The number of allylic oxidation sites excluding steroid dienone is 1. The van der Waals surface area contributed by atoms with Crippen LogP contribution in [0.5, 0.6) is 0 Å². The molecule has 0 spiro atoms. The topological polar surface area (TPSA) is 115 Å². The van der Waals surface area contributed by atoms with E-state index in [2.05, 4.69) is 11.3 Å².